The standard InChI is InChI=1S/C15H20N2O4/c1-15(13(18)19)8-5-9-17(10-15)14(20)16-11-6-3-4-7-12(11)21-2/h3-4,6-7H,5,8-10H2,1-2H3,(H,16,20)(H,18,19). The van der Waals surface area contributed by atoms with E-state index in [1.807, 2.05) is 6.07 Å². The van der Waals surface area contributed by atoms with Gasteiger partial charge < -0.3 is 20.1 Å². The molecule has 114 valence electrons. The Morgan fingerprint density at radius 3 is 2.76 bits per heavy atom. The third-order valence-corrected chi connectivity index (χ3v) is 3.85. The molecule has 6 heteroatoms. The number of methoxy groups -OCH3 is 1. The number of piperidine rings is 1. The van der Waals surface area contributed by atoms with Crippen LogP contribution in [0.15, 0.2) is 24.3 Å². The number of amides is 2. The molecule has 0 aromatic heterocycles. The van der Waals surface area contributed by atoms with Crippen molar-refractivity contribution in [2.45, 2.75) is 19.8 Å². The van der Waals surface area contributed by atoms with Gasteiger partial charge >= 0.3 is 12.0 Å². The van der Waals surface area contributed by atoms with Gasteiger partial charge in [-0.1, -0.05) is 12.1 Å². The summed E-state index contributed by atoms with van der Waals surface area (Å²) in [6.07, 6.45) is 1.27. The minimum Gasteiger partial charge on any atom is -0.495 e. The summed E-state index contributed by atoms with van der Waals surface area (Å²) in [5.41, 5.74) is -0.302. The van der Waals surface area contributed by atoms with Gasteiger partial charge in [-0.25, -0.2) is 4.79 Å². The van der Waals surface area contributed by atoms with Crippen molar-refractivity contribution in [3.8, 4) is 5.75 Å². The summed E-state index contributed by atoms with van der Waals surface area (Å²) in [4.78, 5) is 25.2. The molecule has 0 bridgehead atoms. The molecule has 1 aliphatic rings. The summed E-state index contributed by atoms with van der Waals surface area (Å²) >= 11 is 0. The molecule has 2 rings (SSSR count). The van der Waals surface area contributed by atoms with E-state index in [0.717, 1.165) is 0 Å². The van der Waals surface area contributed by atoms with Gasteiger partial charge in [-0.2, -0.15) is 0 Å². The molecule has 2 N–H and O–H groups in total. The molecule has 1 unspecified atom stereocenters. The smallest absolute Gasteiger partial charge is 0.321 e. The molecule has 2 amide bonds. The number of anilines is 1. The minimum atomic E-state index is -0.879. The van der Waals surface area contributed by atoms with Gasteiger partial charge in [0.25, 0.3) is 0 Å². The van der Waals surface area contributed by atoms with Crippen molar-refractivity contribution >= 4 is 17.7 Å². The fourth-order valence-corrected chi connectivity index (χ4v) is 2.53. The third kappa shape index (κ3) is 3.26. The molecule has 21 heavy (non-hydrogen) atoms. The lowest BCUT2D eigenvalue weighted by Crippen LogP contribution is -2.49. The number of carbonyl (C=O) groups excluding carboxylic acids is 1. The van der Waals surface area contributed by atoms with E-state index in [4.69, 9.17) is 4.74 Å². The van der Waals surface area contributed by atoms with E-state index in [1.54, 1.807) is 30.0 Å². The van der Waals surface area contributed by atoms with Crippen LogP contribution in [0.2, 0.25) is 0 Å². The molecular formula is C15H20N2O4. The highest BCUT2D eigenvalue weighted by Crippen LogP contribution is 2.30. The van der Waals surface area contributed by atoms with Crippen LogP contribution in [-0.2, 0) is 4.79 Å². The van der Waals surface area contributed by atoms with Crippen LogP contribution in [0.25, 0.3) is 0 Å². The number of rotatable bonds is 3. The van der Waals surface area contributed by atoms with E-state index in [9.17, 15) is 14.7 Å². The zero-order valence-electron chi connectivity index (χ0n) is 12.3. The first kappa shape index (κ1) is 15.2. The molecule has 1 aromatic carbocycles. The Bertz CT molecular complexity index is 546. The van der Waals surface area contributed by atoms with Crippen molar-refractivity contribution in [1.29, 1.82) is 0 Å². The quantitative estimate of drug-likeness (QED) is 0.896. The van der Waals surface area contributed by atoms with Gasteiger partial charge in [-0.05, 0) is 31.9 Å². The highest BCUT2D eigenvalue weighted by atomic mass is 16.5. The molecule has 0 radical (unpaired) electrons. The normalized spacial score (nSPS) is 21.7. The third-order valence-electron chi connectivity index (χ3n) is 3.85. The van der Waals surface area contributed by atoms with Crippen LogP contribution in [0, 0.1) is 5.41 Å². The van der Waals surface area contributed by atoms with Crippen LogP contribution >= 0.6 is 0 Å². The number of hydrogen-bond donors (Lipinski definition) is 2. The van der Waals surface area contributed by atoms with E-state index in [-0.39, 0.29) is 12.6 Å². The Labute approximate surface area is 123 Å². The lowest BCUT2D eigenvalue weighted by molar-refractivity contribution is -0.150. The number of hydrogen-bond acceptors (Lipinski definition) is 3. The Morgan fingerprint density at radius 2 is 2.10 bits per heavy atom. The van der Waals surface area contributed by atoms with E-state index < -0.39 is 11.4 Å². The number of aliphatic carboxylic acids is 1. The average molecular weight is 292 g/mol. The number of carboxylic acids is 1. The summed E-state index contributed by atoms with van der Waals surface area (Å²) in [6.45, 7) is 2.45. The highest BCUT2D eigenvalue weighted by molar-refractivity contribution is 5.91. The van der Waals surface area contributed by atoms with Crippen molar-refractivity contribution in [3.63, 3.8) is 0 Å². The zero-order chi connectivity index (χ0) is 15.5. The van der Waals surface area contributed by atoms with Gasteiger partial charge in [0.15, 0.2) is 0 Å². The van der Waals surface area contributed by atoms with Crippen molar-refractivity contribution in [2.75, 3.05) is 25.5 Å². The van der Waals surface area contributed by atoms with Crippen molar-refractivity contribution < 1.29 is 19.4 Å². The topological polar surface area (TPSA) is 78.9 Å². The maximum atomic E-state index is 12.3. The second-order valence-electron chi connectivity index (χ2n) is 5.52. The molecule has 1 aromatic rings. The van der Waals surface area contributed by atoms with Gasteiger partial charge in [-0.15, -0.1) is 0 Å². The number of carbonyl (C=O) groups is 2. The molecule has 0 spiro atoms. The highest BCUT2D eigenvalue weighted by Gasteiger charge is 2.39. The number of likely N-dealkylation sites (tertiary alicyclic amines) is 1. The second kappa shape index (κ2) is 6.03. The largest absolute Gasteiger partial charge is 0.495 e. The fraction of sp³-hybridized carbons (Fsp3) is 0.467. The summed E-state index contributed by atoms with van der Waals surface area (Å²) in [5, 5.41) is 12.1. The van der Waals surface area contributed by atoms with Crippen molar-refractivity contribution in [3.05, 3.63) is 24.3 Å². The molecule has 1 aliphatic heterocycles. The van der Waals surface area contributed by atoms with Crippen LogP contribution in [0.5, 0.6) is 5.75 Å². The molecular weight excluding hydrogens is 272 g/mol. The van der Waals surface area contributed by atoms with Gasteiger partial charge in [0.2, 0.25) is 0 Å². The molecule has 1 saturated heterocycles. The lowest BCUT2D eigenvalue weighted by Gasteiger charge is -2.37. The SMILES string of the molecule is COc1ccccc1NC(=O)N1CCCC(C)(C(=O)O)C1. The number of para-hydroxylation sites is 2. The second-order valence-corrected chi connectivity index (χ2v) is 5.52. The predicted octanol–water partition coefficient (Wildman–Crippen LogP) is 2.41. The Kier molecular flexibility index (Phi) is 4.35. The summed E-state index contributed by atoms with van der Waals surface area (Å²) in [6, 6.07) is 6.82. The maximum Gasteiger partial charge on any atom is 0.321 e. The molecule has 6 nitrogen and oxygen atoms in total. The summed E-state index contributed by atoms with van der Waals surface area (Å²) in [5.74, 6) is -0.291. The van der Waals surface area contributed by atoms with Crippen molar-refractivity contribution in [1.82, 2.24) is 4.90 Å². The van der Waals surface area contributed by atoms with Crippen LogP contribution in [-0.4, -0.2) is 42.2 Å². The fourth-order valence-electron chi connectivity index (χ4n) is 2.53. The van der Waals surface area contributed by atoms with Gasteiger partial charge in [0.05, 0.1) is 18.2 Å². The zero-order valence-corrected chi connectivity index (χ0v) is 12.3. The van der Waals surface area contributed by atoms with E-state index >= 15 is 0 Å². The number of ether oxygens (including phenoxy) is 1. The molecule has 1 fully saturated rings. The first-order chi connectivity index (χ1) is 9.96. The first-order valence-electron chi connectivity index (χ1n) is 6.88. The van der Waals surface area contributed by atoms with Crippen LogP contribution in [0.1, 0.15) is 19.8 Å². The van der Waals surface area contributed by atoms with Crippen LogP contribution in [0.4, 0.5) is 10.5 Å². The number of nitrogens with zero attached hydrogens (tertiary/aromatic N) is 1. The predicted molar refractivity (Wildman–Crippen MR) is 78.6 cm³/mol. The molecule has 0 aliphatic carbocycles. The lowest BCUT2D eigenvalue weighted by atomic mass is 9.82. The Balaban J connectivity index is 2.08. The summed E-state index contributed by atoms with van der Waals surface area (Å²) < 4.78 is 5.19. The molecule has 1 heterocycles. The van der Waals surface area contributed by atoms with E-state index in [1.165, 1.54) is 7.11 Å². The maximum absolute atomic E-state index is 12.3. The Morgan fingerprint density at radius 1 is 1.38 bits per heavy atom. The number of nitrogens with one attached hydrogen (secondary N) is 1. The van der Waals surface area contributed by atoms with Crippen LogP contribution in [0.3, 0.4) is 0 Å². The van der Waals surface area contributed by atoms with Crippen LogP contribution < -0.4 is 10.1 Å². The number of benzene rings is 1. The first-order valence-corrected chi connectivity index (χ1v) is 6.88. The van der Waals surface area contributed by atoms with Gasteiger partial charge in [0, 0.05) is 13.1 Å². The monoisotopic (exact) mass is 292 g/mol. The van der Waals surface area contributed by atoms with E-state index in [2.05, 4.69) is 5.32 Å². The Hall–Kier alpha value is -2.24. The molecule has 1 atom stereocenters. The number of urea groups is 1. The minimum absolute atomic E-state index is 0.212. The van der Waals surface area contributed by atoms with Crippen molar-refractivity contribution in [2.24, 2.45) is 5.41 Å². The van der Waals surface area contributed by atoms with Gasteiger partial charge in [-0.3, -0.25) is 4.79 Å². The van der Waals surface area contributed by atoms with E-state index in [0.29, 0.717) is 30.8 Å². The molecule has 0 saturated carbocycles. The summed E-state index contributed by atoms with van der Waals surface area (Å²) in [7, 11) is 1.54. The van der Waals surface area contributed by atoms with Gasteiger partial charge in [0.1, 0.15) is 5.75 Å². The number of carboxylic acid groups (broad SMARTS) is 1. The average Bonchev–Trinajstić information content (AvgIpc) is 2.47.